The van der Waals surface area contributed by atoms with Crippen LogP contribution in [-0.2, 0) is 6.42 Å². The molecule has 3 N–H and O–H groups in total. The van der Waals surface area contributed by atoms with E-state index >= 15 is 0 Å². The number of aromatic nitrogens is 2. The zero-order chi connectivity index (χ0) is 13.5. The van der Waals surface area contributed by atoms with Crippen molar-refractivity contribution in [3.05, 3.63) is 39.9 Å². The van der Waals surface area contributed by atoms with E-state index in [0.717, 1.165) is 30.9 Å². The van der Waals surface area contributed by atoms with E-state index in [9.17, 15) is 0 Å². The molecule has 2 aromatic rings. The van der Waals surface area contributed by atoms with Gasteiger partial charge in [-0.1, -0.05) is 25.0 Å². The van der Waals surface area contributed by atoms with Gasteiger partial charge in [0.2, 0.25) is 0 Å². The van der Waals surface area contributed by atoms with Gasteiger partial charge in [-0.25, -0.2) is 4.98 Å². The first kappa shape index (κ1) is 14.5. The van der Waals surface area contributed by atoms with E-state index in [4.69, 9.17) is 5.73 Å². The number of nitrogens with zero attached hydrogens (tertiary/aromatic N) is 1. The smallest absolute Gasteiger partial charge is 0.106 e. The highest BCUT2D eigenvalue weighted by Crippen LogP contribution is 2.19. The van der Waals surface area contributed by atoms with Crippen LogP contribution in [-0.4, -0.2) is 16.5 Å². The predicted molar refractivity (Wildman–Crippen MR) is 88.0 cm³/mol. The Kier molecular flexibility index (Phi) is 5.85. The molecule has 0 saturated heterocycles. The van der Waals surface area contributed by atoms with Crippen LogP contribution >= 0.6 is 22.6 Å². The average molecular weight is 369 g/mol. The molecular weight excluding hydrogens is 349 g/mol. The molecule has 0 aliphatic heterocycles. The Bertz CT molecular complexity index is 490. The van der Waals surface area contributed by atoms with E-state index in [-0.39, 0.29) is 0 Å². The van der Waals surface area contributed by atoms with Gasteiger partial charge in [-0.15, -0.1) is 0 Å². The second kappa shape index (κ2) is 7.65. The van der Waals surface area contributed by atoms with Gasteiger partial charge in [-0.3, -0.25) is 0 Å². The first-order chi connectivity index (χ1) is 9.29. The lowest BCUT2D eigenvalue weighted by Gasteiger charge is -1.99. The molecule has 1 heterocycles. The second-order valence-corrected chi connectivity index (χ2v) is 5.95. The van der Waals surface area contributed by atoms with Crippen LogP contribution in [0.15, 0.2) is 30.5 Å². The summed E-state index contributed by atoms with van der Waals surface area (Å²) in [6, 6.07) is 8.48. The minimum Gasteiger partial charge on any atom is -0.342 e. The van der Waals surface area contributed by atoms with Gasteiger partial charge in [0, 0.05) is 9.99 Å². The number of hydrogen-bond acceptors (Lipinski definition) is 2. The quantitative estimate of drug-likeness (QED) is 0.577. The molecule has 4 heteroatoms. The highest BCUT2D eigenvalue weighted by atomic mass is 127. The van der Waals surface area contributed by atoms with E-state index in [0.29, 0.717) is 0 Å². The minimum atomic E-state index is 0.803. The molecule has 0 saturated carbocycles. The van der Waals surface area contributed by atoms with Crippen molar-refractivity contribution < 1.29 is 0 Å². The van der Waals surface area contributed by atoms with Crippen LogP contribution in [0.1, 0.15) is 31.5 Å². The van der Waals surface area contributed by atoms with Crippen molar-refractivity contribution >= 4 is 22.6 Å². The number of unbranched alkanes of at least 4 members (excludes halogenated alkanes) is 3. The van der Waals surface area contributed by atoms with Gasteiger partial charge in [0.05, 0.1) is 11.9 Å². The molecule has 0 spiro atoms. The first-order valence-corrected chi connectivity index (χ1v) is 7.87. The van der Waals surface area contributed by atoms with E-state index < -0.39 is 0 Å². The van der Waals surface area contributed by atoms with Crippen LogP contribution < -0.4 is 5.73 Å². The summed E-state index contributed by atoms with van der Waals surface area (Å²) in [5.74, 6) is 1.08. The average Bonchev–Trinajstić information content (AvgIpc) is 2.88. The van der Waals surface area contributed by atoms with Gasteiger partial charge < -0.3 is 10.7 Å². The maximum absolute atomic E-state index is 5.48. The first-order valence-electron chi connectivity index (χ1n) is 6.79. The number of imidazole rings is 1. The number of hydrogen-bond donors (Lipinski definition) is 2. The Balaban J connectivity index is 1.86. The Morgan fingerprint density at radius 2 is 1.79 bits per heavy atom. The molecule has 0 fully saturated rings. The molecule has 19 heavy (non-hydrogen) atoms. The summed E-state index contributed by atoms with van der Waals surface area (Å²) in [5, 5.41) is 0. The molecule has 0 amide bonds. The number of nitrogens with one attached hydrogen (secondary N) is 1. The lowest BCUT2D eigenvalue weighted by molar-refractivity contribution is 0.638. The highest BCUT2D eigenvalue weighted by molar-refractivity contribution is 14.1. The molecule has 0 unspecified atom stereocenters. The number of benzene rings is 1. The standard InChI is InChI=1S/C15H20IN3/c16-13-8-6-12(7-9-13)14-11-18-15(19-14)5-3-1-2-4-10-17/h6-9,11H,1-5,10,17H2,(H,18,19). The van der Waals surface area contributed by atoms with E-state index in [2.05, 4.69) is 56.8 Å². The van der Waals surface area contributed by atoms with E-state index in [1.54, 1.807) is 0 Å². The monoisotopic (exact) mass is 369 g/mol. The van der Waals surface area contributed by atoms with Crippen molar-refractivity contribution in [2.45, 2.75) is 32.1 Å². The molecule has 0 radical (unpaired) electrons. The molecular formula is C15H20IN3. The lowest BCUT2D eigenvalue weighted by atomic mass is 10.1. The zero-order valence-electron chi connectivity index (χ0n) is 11.0. The fourth-order valence-electron chi connectivity index (χ4n) is 2.06. The zero-order valence-corrected chi connectivity index (χ0v) is 13.2. The Hall–Kier alpha value is -0.880. The van der Waals surface area contributed by atoms with Crippen LogP contribution in [0.5, 0.6) is 0 Å². The maximum atomic E-state index is 5.48. The fraction of sp³-hybridized carbons (Fsp3) is 0.400. The molecule has 0 atom stereocenters. The van der Waals surface area contributed by atoms with E-state index in [1.807, 2.05) is 6.20 Å². The Morgan fingerprint density at radius 3 is 2.53 bits per heavy atom. The molecule has 1 aromatic carbocycles. The van der Waals surface area contributed by atoms with Crippen LogP contribution in [0.3, 0.4) is 0 Å². The summed E-state index contributed by atoms with van der Waals surface area (Å²) >= 11 is 2.32. The van der Waals surface area contributed by atoms with Gasteiger partial charge in [-0.05, 0) is 59.7 Å². The van der Waals surface area contributed by atoms with Crippen molar-refractivity contribution in [2.75, 3.05) is 6.54 Å². The summed E-state index contributed by atoms with van der Waals surface area (Å²) < 4.78 is 1.25. The van der Waals surface area contributed by atoms with E-state index in [1.165, 1.54) is 28.4 Å². The van der Waals surface area contributed by atoms with Crippen molar-refractivity contribution in [1.29, 1.82) is 0 Å². The summed E-state index contributed by atoms with van der Waals surface area (Å²) in [6.45, 7) is 0.803. The normalized spacial score (nSPS) is 10.8. The van der Waals surface area contributed by atoms with Gasteiger partial charge in [0.25, 0.3) is 0 Å². The molecule has 0 bridgehead atoms. The topological polar surface area (TPSA) is 54.7 Å². The number of aryl methyl sites for hydroxylation is 1. The van der Waals surface area contributed by atoms with Gasteiger partial charge in [0.15, 0.2) is 0 Å². The third kappa shape index (κ3) is 4.62. The third-order valence-electron chi connectivity index (χ3n) is 3.15. The highest BCUT2D eigenvalue weighted by Gasteiger charge is 2.03. The Labute approximate surface area is 128 Å². The van der Waals surface area contributed by atoms with Crippen LogP contribution in [0.4, 0.5) is 0 Å². The van der Waals surface area contributed by atoms with Gasteiger partial charge in [0.1, 0.15) is 5.82 Å². The lowest BCUT2D eigenvalue weighted by Crippen LogP contribution is -1.98. The minimum absolute atomic E-state index is 0.803. The van der Waals surface area contributed by atoms with Gasteiger partial charge >= 0.3 is 0 Å². The van der Waals surface area contributed by atoms with Crippen molar-refractivity contribution in [1.82, 2.24) is 9.97 Å². The Morgan fingerprint density at radius 1 is 1.05 bits per heavy atom. The summed E-state index contributed by atoms with van der Waals surface area (Å²) in [5.41, 5.74) is 7.78. The number of nitrogens with two attached hydrogens (primary N) is 1. The SMILES string of the molecule is NCCCCCCc1ncc(-c2ccc(I)cc2)[nH]1. The number of H-pyrrole nitrogens is 1. The number of halogens is 1. The van der Waals surface area contributed by atoms with Crippen molar-refractivity contribution in [2.24, 2.45) is 5.73 Å². The fourth-order valence-corrected chi connectivity index (χ4v) is 2.42. The molecule has 0 aliphatic rings. The van der Waals surface area contributed by atoms with Gasteiger partial charge in [-0.2, -0.15) is 0 Å². The number of rotatable bonds is 7. The van der Waals surface area contributed by atoms with Crippen LogP contribution in [0.25, 0.3) is 11.3 Å². The molecule has 1 aromatic heterocycles. The number of aromatic amines is 1. The maximum Gasteiger partial charge on any atom is 0.106 e. The molecule has 0 aliphatic carbocycles. The summed E-state index contributed by atoms with van der Waals surface area (Å²) in [7, 11) is 0. The molecule has 102 valence electrons. The third-order valence-corrected chi connectivity index (χ3v) is 3.87. The molecule has 2 rings (SSSR count). The largest absolute Gasteiger partial charge is 0.342 e. The second-order valence-electron chi connectivity index (χ2n) is 4.70. The van der Waals surface area contributed by atoms with Crippen LogP contribution in [0, 0.1) is 3.57 Å². The molecule has 3 nitrogen and oxygen atoms in total. The van der Waals surface area contributed by atoms with Crippen LogP contribution in [0.2, 0.25) is 0 Å². The predicted octanol–water partition coefficient (Wildman–Crippen LogP) is 3.74. The summed E-state index contributed by atoms with van der Waals surface area (Å²) in [6.07, 6.45) is 7.72. The van der Waals surface area contributed by atoms with Crippen molar-refractivity contribution in [3.63, 3.8) is 0 Å². The summed E-state index contributed by atoms with van der Waals surface area (Å²) in [4.78, 5) is 7.85. The van der Waals surface area contributed by atoms with Crippen molar-refractivity contribution in [3.8, 4) is 11.3 Å².